The van der Waals surface area contributed by atoms with Crippen LogP contribution in [0.2, 0.25) is 0 Å². The lowest BCUT2D eigenvalue weighted by atomic mass is 9.48. The monoisotopic (exact) mass is 487 g/mol. The average molecular weight is 486 g/mol. The number of hydrogen-bond donors (Lipinski definition) is 1. The predicted molar refractivity (Wildman–Crippen MR) is 154 cm³/mol. The first-order valence-corrected chi connectivity index (χ1v) is 11.9. The maximum atomic E-state index is 13.1. The quantitative estimate of drug-likeness (QED) is 0.389. The zero-order chi connectivity index (χ0) is 27.1. The van der Waals surface area contributed by atoms with Crippen LogP contribution in [0.5, 0.6) is 0 Å². The molecule has 4 heterocycles. The van der Waals surface area contributed by atoms with Crippen molar-refractivity contribution in [3.05, 3.63) is 66.7 Å². The van der Waals surface area contributed by atoms with E-state index in [1.807, 2.05) is 18.2 Å². The Morgan fingerprint density at radius 3 is 2.26 bits per heavy atom. The largest absolute Gasteiger partial charge is 0.354 e. The third-order valence-electron chi connectivity index (χ3n) is 6.44. The molecule has 1 amide bonds. The summed E-state index contributed by atoms with van der Waals surface area (Å²) in [6.07, 6.45) is 6.61. The van der Waals surface area contributed by atoms with E-state index >= 15 is 0 Å². The van der Waals surface area contributed by atoms with Gasteiger partial charge in [0.05, 0.1) is 53.3 Å². The van der Waals surface area contributed by atoms with Gasteiger partial charge in [0.2, 0.25) is 0 Å². The van der Waals surface area contributed by atoms with E-state index in [1.165, 1.54) is 4.68 Å². The number of pyridine rings is 2. The number of amides is 1. The van der Waals surface area contributed by atoms with E-state index in [0.717, 1.165) is 21.9 Å². The van der Waals surface area contributed by atoms with E-state index in [4.69, 9.17) is 47.1 Å². The molecular weight excluding hydrogens is 467 g/mol. The number of nitrogens with zero attached hydrogens (tertiary/aromatic N) is 6. The lowest BCUT2D eigenvalue weighted by Crippen LogP contribution is -2.58. The Kier molecular flexibility index (Phi) is 6.94. The van der Waals surface area contributed by atoms with Crippen LogP contribution in [0.15, 0.2) is 61.2 Å². The van der Waals surface area contributed by atoms with Gasteiger partial charge in [0.15, 0.2) is 0 Å². The Labute approximate surface area is 229 Å². The number of rotatable bonds is 6. The van der Waals surface area contributed by atoms with Crippen molar-refractivity contribution >= 4 is 75.4 Å². The first kappa shape index (κ1) is 26.2. The van der Waals surface area contributed by atoms with Crippen LogP contribution in [0.1, 0.15) is 10.4 Å². The molecule has 5 rings (SSSR count). The normalized spacial score (nSPS) is 15.0. The fraction of sp³-hybridized carbons (Fsp3) is 0.250. The summed E-state index contributed by atoms with van der Waals surface area (Å²) in [6, 6.07) is 11.0. The smallest absolute Gasteiger partial charge is 0.257 e. The van der Waals surface area contributed by atoms with E-state index < -0.39 is 10.5 Å². The minimum atomic E-state index is -1.59. The summed E-state index contributed by atoms with van der Waals surface area (Å²) in [5.74, 6) is 0.797. The third kappa shape index (κ3) is 5.70. The first-order valence-electron chi connectivity index (χ1n) is 11.9. The van der Waals surface area contributed by atoms with Gasteiger partial charge in [-0.15, -0.1) is 0 Å². The van der Waals surface area contributed by atoms with Gasteiger partial charge in [0.25, 0.3) is 5.91 Å². The van der Waals surface area contributed by atoms with E-state index in [0.29, 0.717) is 43.4 Å². The van der Waals surface area contributed by atoms with Crippen molar-refractivity contribution in [1.82, 2.24) is 24.6 Å². The van der Waals surface area contributed by atoms with E-state index in [9.17, 15) is 4.79 Å². The second-order valence-electron chi connectivity index (χ2n) is 9.41. The number of carbonyl (C=O) groups excluding carboxylic acids is 1. The van der Waals surface area contributed by atoms with Crippen LogP contribution in [-0.2, 0) is 5.24 Å². The van der Waals surface area contributed by atoms with Crippen molar-refractivity contribution in [1.29, 1.82) is 0 Å². The van der Waals surface area contributed by atoms with Gasteiger partial charge in [0, 0.05) is 61.3 Å². The maximum Gasteiger partial charge on any atom is 0.257 e. The summed E-state index contributed by atoms with van der Waals surface area (Å²) in [4.78, 5) is 25.7. The molecule has 1 saturated heterocycles. The fourth-order valence-corrected chi connectivity index (χ4v) is 4.32. The molecule has 8 nitrogen and oxygen atoms in total. The number of benzene rings is 1. The third-order valence-corrected chi connectivity index (χ3v) is 6.44. The number of hydrogen-bond acceptors (Lipinski definition) is 6. The number of nitrogens with one attached hydrogen (secondary N) is 1. The fourth-order valence-electron chi connectivity index (χ4n) is 4.32. The van der Waals surface area contributed by atoms with Gasteiger partial charge in [-0.2, -0.15) is 5.10 Å². The Morgan fingerprint density at radius 1 is 0.816 bits per heavy atom. The molecule has 0 saturated carbocycles. The Balaban J connectivity index is 1.31. The first-order chi connectivity index (χ1) is 18.0. The lowest BCUT2D eigenvalue weighted by Gasteiger charge is -2.43. The van der Waals surface area contributed by atoms with Crippen LogP contribution >= 0.6 is 0 Å². The summed E-state index contributed by atoms with van der Waals surface area (Å²) < 4.78 is 1.29. The SMILES string of the molecule is [B]C([B])([B])N1CCN(c2cc(C(=O)Nc3cc4cc(-c5cnn(C([B])([B])[B])c5)ccc4cn3)ccn2)CC1. The molecule has 3 aromatic heterocycles. The minimum Gasteiger partial charge on any atom is -0.354 e. The molecule has 0 bridgehead atoms. The van der Waals surface area contributed by atoms with Crippen LogP contribution in [-0.4, -0.2) is 109 Å². The summed E-state index contributed by atoms with van der Waals surface area (Å²) in [5.41, 5.74) is 2.13. The Bertz CT molecular complexity index is 1480. The highest BCUT2D eigenvalue weighted by molar-refractivity contribution is 6.59. The van der Waals surface area contributed by atoms with E-state index in [2.05, 4.69) is 25.3 Å². The Morgan fingerprint density at radius 2 is 1.58 bits per heavy atom. The maximum absolute atomic E-state index is 13.1. The summed E-state index contributed by atoms with van der Waals surface area (Å²) in [7, 11) is 34.5. The second-order valence-corrected chi connectivity index (χ2v) is 9.41. The zero-order valence-electron chi connectivity index (χ0n) is 20.7. The number of fused-ring (bicyclic) bond motifs is 1. The van der Waals surface area contributed by atoms with Gasteiger partial charge in [-0.1, -0.05) is 17.4 Å². The molecule has 14 heteroatoms. The number of piperazine rings is 1. The number of carbonyl (C=O) groups is 1. The summed E-state index contributed by atoms with van der Waals surface area (Å²) in [5, 5.41) is 5.84. The van der Waals surface area contributed by atoms with Crippen molar-refractivity contribution in [2.24, 2.45) is 0 Å². The van der Waals surface area contributed by atoms with Gasteiger partial charge in [-0.05, 0) is 40.5 Å². The number of anilines is 2. The van der Waals surface area contributed by atoms with Crippen LogP contribution in [0, 0.1) is 0 Å². The van der Waals surface area contributed by atoms with Gasteiger partial charge in [0.1, 0.15) is 11.6 Å². The summed E-state index contributed by atoms with van der Waals surface area (Å²) >= 11 is 0. The molecular formula is C24H19B6N7O. The minimum absolute atomic E-state index is 0.299. The lowest BCUT2D eigenvalue weighted by molar-refractivity contribution is 0.102. The van der Waals surface area contributed by atoms with E-state index in [-0.39, 0.29) is 5.91 Å². The standard InChI is InChI=1S/C24H19B6N7O/c25-23(26,27)36-7-5-35(6-8-36)21-11-16(3-4-31-21)22(38)34-20-10-18-9-15(1-2-17(18)12-32-20)19-13-33-37(14-19)24(28,29)30/h1-4,9-14H,5-8H2,(H,32,34,38). The van der Waals surface area contributed by atoms with Crippen molar-refractivity contribution in [2.75, 3.05) is 36.4 Å². The van der Waals surface area contributed by atoms with Crippen molar-refractivity contribution < 1.29 is 4.79 Å². The highest BCUT2D eigenvalue weighted by Crippen LogP contribution is 2.26. The topological polar surface area (TPSA) is 79.2 Å². The highest BCUT2D eigenvalue weighted by atomic mass is 16.1. The zero-order valence-corrected chi connectivity index (χ0v) is 20.7. The molecule has 12 radical (unpaired) electrons. The molecule has 0 atom stereocenters. The molecule has 0 aliphatic carbocycles. The van der Waals surface area contributed by atoms with Crippen molar-refractivity contribution in [3.63, 3.8) is 0 Å². The van der Waals surface area contributed by atoms with Gasteiger partial charge in [-0.3, -0.25) is 9.48 Å². The van der Waals surface area contributed by atoms with Crippen molar-refractivity contribution in [3.8, 4) is 11.1 Å². The van der Waals surface area contributed by atoms with Crippen molar-refractivity contribution in [2.45, 2.75) is 10.5 Å². The Hall–Kier alpha value is -3.39. The van der Waals surface area contributed by atoms with Gasteiger partial charge < -0.3 is 15.1 Å². The van der Waals surface area contributed by atoms with Gasteiger partial charge >= 0.3 is 0 Å². The van der Waals surface area contributed by atoms with Crippen LogP contribution in [0.4, 0.5) is 11.6 Å². The molecule has 1 aliphatic heterocycles. The molecule has 1 aliphatic rings. The van der Waals surface area contributed by atoms with Gasteiger partial charge in [-0.25, -0.2) is 9.97 Å². The highest BCUT2D eigenvalue weighted by Gasteiger charge is 2.25. The average Bonchev–Trinajstić information content (AvgIpc) is 3.39. The molecule has 38 heavy (non-hydrogen) atoms. The predicted octanol–water partition coefficient (Wildman–Crippen LogP) is 0.0577. The van der Waals surface area contributed by atoms with Crippen LogP contribution in [0.3, 0.4) is 0 Å². The second kappa shape index (κ2) is 10.1. The molecule has 0 spiro atoms. The van der Waals surface area contributed by atoms with Crippen LogP contribution < -0.4 is 10.2 Å². The van der Waals surface area contributed by atoms with Crippen LogP contribution in [0.25, 0.3) is 21.9 Å². The number of aromatic nitrogens is 4. The summed E-state index contributed by atoms with van der Waals surface area (Å²) in [6.45, 7) is 2.41. The van der Waals surface area contributed by atoms with E-state index in [1.54, 1.807) is 47.9 Å². The molecule has 1 aromatic carbocycles. The molecule has 174 valence electrons. The molecule has 0 unspecified atom stereocenters. The molecule has 1 N–H and O–H groups in total. The molecule has 4 aromatic rings. The molecule has 1 fully saturated rings.